The van der Waals surface area contributed by atoms with Crippen molar-refractivity contribution in [3.63, 3.8) is 0 Å². The molecule has 2 aromatic carbocycles. The highest BCUT2D eigenvalue weighted by molar-refractivity contribution is 7.21. The summed E-state index contributed by atoms with van der Waals surface area (Å²) in [7, 11) is 0. The van der Waals surface area contributed by atoms with Gasteiger partial charge in [0, 0.05) is 22.6 Å². The van der Waals surface area contributed by atoms with Crippen molar-refractivity contribution in [1.29, 1.82) is 0 Å². The molecule has 136 valence electrons. The smallest absolute Gasteiger partial charge is 0.345 e. The lowest BCUT2D eigenvalue weighted by atomic mass is 10.1. The summed E-state index contributed by atoms with van der Waals surface area (Å²) in [6, 6.07) is 14.5. The van der Waals surface area contributed by atoms with Crippen LogP contribution in [0.4, 0.5) is 5.69 Å². The Labute approximate surface area is 164 Å². The van der Waals surface area contributed by atoms with Crippen molar-refractivity contribution in [3.05, 3.63) is 74.4 Å². The van der Waals surface area contributed by atoms with E-state index in [9.17, 15) is 9.59 Å². The topological polar surface area (TPSA) is 50.5 Å². The Bertz CT molecular complexity index is 1240. The fraction of sp³-hybridized carbons (Fsp3) is 0.143. The zero-order valence-electron chi connectivity index (χ0n) is 14.8. The molecule has 4 nitrogen and oxygen atoms in total. The summed E-state index contributed by atoms with van der Waals surface area (Å²) in [6.07, 6.45) is 0. The van der Waals surface area contributed by atoms with Crippen LogP contribution >= 0.6 is 22.9 Å². The van der Waals surface area contributed by atoms with E-state index in [1.165, 1.54) is 11.3 Å². The Morgan fingerprint density at radius 2 is 1.96 bits per heavy atom. The van der Waals surface area contributed by atoms with E-state index >= 15 is 0 Å². The summed E-state index contributed by atoms with van der Waals surface area (Å²) < 4.78 is 6.19. The van der Waals surface area contributed by atoms with Crippen molar-refractivity contribution < 1.29 is 9.21 Å². The number of benzene rings is 2. The first kappa shape index (κ1) is 17.8. The number of nitrogens with zero attached hydrogens (tertiary/aromatic N) is 1. The molecule has 0 spiro atoms. The zero-order valence-corrected chi connectivity index (χ0v) is 16.4. The Morgan fingerprint density at radius 1 is 1.15 bits per heavy atom. The number of thiophene rings is 1. The van der Waals surface area contributed by atoms with Gasteiger partial charge in [-0.25, -0.2) is 4.79 Å². The van der Waals surface area contributed by atoms with Crippen LogP contribution in [0.3, 0.4) is 0 Å². The molecule has 0 aliphatic heterocycles. The minimum Gasteiger partial charge on any atom is -0.422 e. The molecule has 4 aromatic rings. The normalized spacial score (nSPS) is 11.2. The standard InChI is InChI=1S/C21H16ClNO3S/c1-3-23(14-6-4-5-13(22)10-14)20(24)18-11-16-19(27-18)15-9-12(2)7-8-17(15)26-21(16)25/h4-11H,3H2,1-2H3. The molecular weight excluding hydrogens is 382 g/mol. The second kappa shape index (κ2) is 6.83. The van der Waals surface area contributed by atoms with Crippen molar-refractivity contribution in [2.75, 3.05) is 11.4 Å². The number of amides is 1. The van der Waals surface area contributed by atoms with Gasteiger partial charge >= 0.3 is 5.63 Å². The second-order valence-corrected chi connectivity index (χ2v) is 7.76. The van der Waals surface area contributed by atoms with Gasteiger partial charge in [0.1, 0.15) is 5.58 Å². The van der Waals surface area contributed by atoms with Gasteiger partial charge in [-0.05, 0) is 50.2 Å². The van der Waals surface area contributed by atoms with Gasteiger partial charge in [0.2, 0.25) is 0 Å². The van der Waals surface area contributed by atoms with E-state index in [1.54, 1.807) is 29.2 Å². The van der Waals surface area contributed by atoms with Crippen molar-refractivity contribution >= 4 is 55.6 Å². The number of anilines is 1. The predicted octanol–water partition coefficient (Wildman–Crippen LogP) is 5.64. The Hall–Kier alpha value is -2.63. The van der Waals surface area contributed by atoms with E-state index in [0.29, 0.717) is 27.4 Å². The van der Waals surface area contributed by atoms with Crippen molar-refractivity contribution in [2.24, 2.45) is 0 Å². The Morgan fingerprint density at radius 3 is 2.70 bits per heavy atom. The monoisotopic (exact) mass is 397 g/mol. The number of aryl methyl sites for hydroxylation is 1. The lowest BCUT2D eigenvalue weighted by Gasteiger charge is -2.20. The number of carbonyl (C=O) groups is 1. The highest BCUT2D eigenvalue weighted by atomic mass is 35.5. The first-order valence-electron chi connectivity index (χ1n) is 8.52. The average Bonchev–Trinajstić information content (AvgIpc) is 3.09. The van der Waals surface area contributed by atoms with Crippen LogP contribution in [0, 0.1) is 6.92 Å². The van der Waals surface area contributed by atoms with Crippen LogP contribution in [0.25, 0.3) is 21.1 Å². The third kappa shape index (κ3) is 3.13. The molecular formula is C21H16ClNO3S. The molecule has 0 bridgehead atoms. The summed E-state index contributed by atoms with van der Waals surface area (Å²) in [6.45, 7) is 4.37. The minimum atomic E-state index is -0.428. The van der Waals surface area contributed by atoms with E-state index in [0.717, 1.165) is 21.3 Å². The number of fused-ring (bicyclic) bond motifs is 3. The van der Waals surface area contributed by atoms with Gasteiger partial charge in [-0.2, -0.15) is 0 Å². The summed E-state index contributed by atoms with van der Waals surface area (Å²) in [5.74, 6) is -0.166. The van der Waals surface area contributed by atoms with E-state index < -0.39 is 5.63 Å². The quantitative estimate of drug-likeness (QED) is 0.420. The number of halogens is 1. The van der Waals surface area contributed by atoms with Gasteiger partial charge in [-0.3, -0.25) is 4.79 Å². The highest BCUT2D eigenvalue weighted by Gasteiger charge is 2.21. The van der Waals surface area contributed by atoms with Gasteiger partial charge in [0.15, 0.2) is 0 Å². The molecule has 0 N–H and O–H groups in total. The lowest BCUT2D eigenvalue weighted by molar-refractivity contribution is 0.0992. The largest absolute Gasteiger partial charge is 0.422 e. The van der Waals surface area contributed by atoms with Crippen molar-refractivity contribution in [1.82, 2.24) is 0 Å². The SMILES string of the molecule is CCN(C(=O)c1cc2c(=O)oc3ccc(C)cc3c2s1)c1cccc(Cl)c1. The molecule has 6 heteroatoms. The Kier molecular flexibility index (Phi) is 4.50. The van der Waals surface area contributed by atoms with Gasteiger partial charge < -0.3 is 9.32 Å². The molecule has 0 fully saturated rings. The molecule has 0 atom stereocenters. The van der Waals surface area contributed by atoms with E-state index in [4.69, 9.17) is 16.0 Å². The molecule has 0 aliphatic carbocycles. The van der Waals surface area contributed by atoms with Crippen LogP contribution in [0.2, 0.25) is 5.02 Å². The summed E-state index contributed by atoms with van der Waals surface area (Å²) in [5, 5.41) is 1.85. The van der Waals surface area contributed by atoms with E-state index in [-0.39, 0.29) is 5.91 Å². The zero-order chi connectivity index (χ0) is 19.1. The van der Waals surface area contributed by atoms with E-state index in [1.807, 2.05) is 38.1 Å². The summed E-state index contributed by atoms with van der Waals surface area (Å²) in [4.78, 5) is 27.6. The van der Waals surface area contributed by atoms with Gasteiger partial charge in [0.05, 0.1) is 15.0 Å². The van der Waals surface area contributed by atoms with Crippen molar-refractivity contribution in [2.45, 2.75) is 13.8 Å². The van der Waals surface area contributed by atoms with Gasteiger partial charge in [-0.15, -0.1) is 11.3 Å². The summed E-state index contributed by atoms with van der Waals surface area (Å²) >= 11 is 7.39. The Balaban J connectivity index is 1.87. The van der Waals surface area contributed by atoms with Crippen LogP contribution < -0.4 is 10.5 Å². The maximum absolute atomic E-state index is 13.1. The first-order chi connectivity index (χ1) is 13.0. The number of rotatable bonds is 3. The maximum Gasteiger partial charge on any atom is 0.345 e. The molecule has 0 unspecified atom stereocenters. The third-order valence-electron chi connectivity index (χ3n) is 4.43. The minimum absolute atomic E-state index is 0.166. The predicted molar refractivity (Wildman–Crippen MR) is 111 cm³/mol. The first-order valence-corrected chi connectivity index (χ1v) is 9.72. The number of carbonyl (C=O) groups excluding carboxylic acids is 1. The fourth-order valence-electron chi connectivity index (χ4n) is 3.13. The second-order valence-electron chi connectivity index (χ2n) is 6.27. The number of hydrogen-bond acceptors (Lipinski definition) is 4. The van der Waals surface area contributed by atoms with Gasteiger partial charge in [-0.1, -0.05) is 29.3 Å². The molecule has 4 rings (SSSR count). The molecule has 0 radical (unpaired) electrons. The highest BCUT2D eigenvalue weighted by Crippen LogP contribution is 2.32. The molecule has 1 amide bonds. The van der Waals surface area contributed by atoms with Crippen molar-refractivity contribution in [3.8, 4) is 0 Å². The molecule has 2 heterocycles. The third-order valence-corrected chi connectivity index (χ3v) is 5.82. The van der Waals surface area contributed by atoms with Crippen LogP contribution in [0.15, 0.2) is 57.7 Å². The van der Waals surface area contributed by atoms with Crippen LogP contribution in [-0.4, -0.2) is 12.5 Å². The number of hydrogen-bond donors (Lipinski definition) is 0. The molecule has 0 aliphatic rings. The molecule has 0 saturated heterocycles. The molecule has 0 saturated carbocycles. The average molecular weight is 398 g/mol. The molecule has 27 heavy (non-hydrogen) atoms. The van der Waals surface area contributed by atoms with Gasteiger partial charge in [0.25, 0.3) is 5.91 Å². The maximum atomic E-state index is 13.1. The fourth-order valence-corrected chi connectivity index (χ4v) is 4.43. The van der Waals surface area contributed by atoms with Crippen LogP contribution in [0.5, 0.6) is 0 Å². The van der Waals surface area contributed by atoms with Crippen LogP contribution in [0.1, 0.15) is 22.2 Å². The summed E-state index contributed by atoms with van der Waals surface area (Å²) in [5.41, 5.74) is 1.89. The molecule has 2 aromatic heterocycles. The van der Waals surface area contributed by atoms with E-state index in [2.05, 4.69) is 0 Å². The van der Waals surface area contributed by atoms with Crippen LogP contribution in [-0.2, 0) is 0 Å². The lowest BCUT2D eigenvalue weighted by Crippen LogP contribution is -2.29.